The summed E-state index contributed by atoms with van der Waals surface area (Å²) in [5, 5.41) is 0. The van der Waals surface area contributed by atoms with Crippen molar-refractivity contribution in [1.29, 1.82) is 0 Å². The lowest BCUT2D eigenvalue weighted by Gasteiger charge is -2.27. The molecule has 19 heavy (non-hydrogen) atoms. The quantitative estimate of drug-likeness (QED) is 0.679. The number of aryl methyl sites for hydroxylation is 1. The Labute approximate surface area is 116 Å². The Bertz CT molecular complexity index is 515. The largest absolute Gasteiger partial charge is 0.337 e. The molecular weight excluding hydrogens is 268 g/mol. The van der Waals surface area contributed by atoms with E-state index in [0.29, 0.717) is 24.0 Å². The molecule has 0 atom stereocenters. The lowest BCUT2D eigenvalue weighted by atomic mass is 9.87. The zero-order chi connectivity index (χ0) is 13.9. The van der Waals surface area contributed by atoms with Crippen LogP contribution in [0.5, 0.6) is 0 Å². The first kappa shape index (κ1) is 14.2. The van der Waals surface area contributed by atoms with Gasteiger partial charge in [0.05, 0.1) is 12.0 Å². The van der Waals surface area contributed by atoms with E-state index in [0.717, 1.165) is 11.3 Å². The molecule has 0 aromatic carbocycles. The third-order valence-corrected chi connectivity index (χ3v) is 3.85. The second-order valence-corrected chi connectivity index (χ2v) is 5.43. The van der Waals surface area contributed by atoms with E-state index in [-0.39, 0.29) is 18.8 Å². The predicted molar refractivity (Wildman–Crippen MR) is 73.5 cm³/mol. The number of hydrogen-bond donors (Lipinski definition) is 1. The molecule has 0 spiro atoms. The van der Waals surface area contributed by atoms with Crippen LogP contribution in [0.15, 0.2) is 11.3 Å². The van der Waals surface area contributed by atoms with Gasteiger partial charge in [-0.2, -0.15) is 0 Å². The van der Waals surface area contributed by atoms with Gasteiger partial charge in [-0.1, -0.05) is 12.2 Å². The molecule has 1 heterocycles. The van der Waals surface area contributed by atoms with E-state index >= 15 is 0 Å². The molecule has 1 fully saturated rings. The molecule has 3 nitrogen and oxygen atoms in total. The van der Waals surface area contributed by atoms with Gasteiger partial charge in [0.15, 0.2) is 0 Å². The molecule has 1 saturated carbocycles. The van der Waals surface area contributed by atoms with Crippen LogP contribution >= 0.6 is 12.2 Å². The van der Waals surface area contributed by atoms with Crippen molar-refractivity contribution in [2.75, 3.05) is 6.54 Å². The highest BCUT2D eigenvalue weighted by atomic mass is 32.1. The normalized spacial score (nSPS) is 19.9. The summed E-state index contributed by atoms with van der Waals surface area (Å²) in [7, 11) is 0. The van der Waals surface area contributed by atoms with Crippen molar-refractivity contribution in [3.63, 3.8) is 0 Å². The van der Waals surface area contributed by atoms with Gasteiger partial charge in [0.2, 0.25) is 5.92 Å². The standard InChI is InChI=1S/C13H17F2N3S/c1-9-11(12(19)18-8-17-9)7-16-6-10-2-4-13(14,15)5-3-10/h7-8,10H,2-6H2,1H3,(H,17,18,19)/b16-7-. The zero-order valence-corrected chi connectivity index (χ0v) is 11.6. The van der Waals surface area contributed by atoms with Crippen LogP contribution in [0.25, 0.3) is 0 Å². The van der Waals surface area contributed by atoms with E-state index in [2.05, 4.69) is 15.0 Å². The van der Waals surface area contributed by atoms with Crippen LogP contribution in [0.2, 0.25) is 0 Å². The molecule has 6 heteroatoms. The summed E-state index contributed by atoms with van der Waals surface area (Å²) in [6, 6.07) is 0. The lowest BCUT2D eigenvalue weighted by Crippen LogP contribution is -2.25. The summed E-state index contributed by atoms with van der Waals surface area (Å²) < 4.78 is 26.6. The van der Waals surface area contributed by atoms with Gasteiger partial charge < -0.3 is 4.98 Å². The zero-order valence-electron chi connectivity index (χ0n) is 10.8. The van der Waals surface area contributed by atoms with Crippen molar-refractivity contribution >= 4 is 18.4 Å². The monoisotopic (exact) mass is 285 g/mol. The number of aliphatic imine (C=N–C) groups is 1. The van der Waals surface area contributed by atoms with Gasteiger partial charge in [-0.25, -0.2) is 13.8 Å². The van der Waals surface area contributed by atoms with E-state index in [9.17, 15) is 8.78 Å². The van der Waals surface area contributed by atoms with Gasteiger partial charge >= 0.3 is 0 Å². The maximum Gasteiger partial charge on any atom is 0.248 e. The fourth-order valence-electron chi connectivity index (χ4n) is 2.23. The molecule has 0 radical (unpaired) electrons. The molecule has 0 bridgehead atoms. The highest BCUT2D eigenvalue weighted by Gasteiger charge is 2.34. The molecule has 2 rings (SSSR count). The summed E-state index contributed by atoms with van der Waals surface area (Å²) in [6.45, 7) is 2.45. The maximum atomic E-state index is 13.0. The van der Waals surface area contributed by atoms with Crippen molar-refractivity contribution in [2.45, 2.75) is 38.5 Å². The van der Waals surface area contributed by atoms with Crippen LogP contribution in [0.3, 0.4) is 0 Å². The van der Waals surface area contributed by atoms with Crippen LogP contribution in [0.1, 0.15) is 36.9 Å². The maximum absolute atomic E-state index is 13.0. The Kier molecular flexibility index (Phi) is 4.39. The van der Waals surface area contributed by atoms with Crippen LogP contribution in [-0.4, -0.2) is 28.6 Å². The van der Waals surface area contributed by atoms with Crippen molar-refractivity contribution in [3.8, 4) is 0 Å². The summed E-state index contributed by atoms with van der Waals surface area (Å²) in [6.07, 6.45) is 4.32. The summed E-state index contributed by atoms with van der Waals surface area (Å²) >= 11 is 5.15. The molecule has 1 aromatic heterocycles. The second-order valence-electron chi connectivity index (χ2n) is 5.02. The third kappa shape index (κ3) is 3.89. The summed E-state index contributed by atoms with van der Waals surface area (Å²) in [4.78, 5) is 11.3. The number of rotatable bonds is 3. The third-order valence-electron chi connectivity index (χ3n) is 3.51. The molecule has 1 N–H and O–H groups in total. The fraction of sp³-hybridized carbons (Fsp3) is 0.615. The summed E-state index contributed by atoms with van der Waals surface area (Å²) in [5.74, 6) is -2.21. The number of alkyl halides is 2. The first-order chi connectivity index (χ1) is 8.98. The van der Waals surface area contributed by atoms with Gasteiger partial charge in [0.25, 0.3) is 0 Å². The Hall–Kier alpha value is -1.17. The highest BCUT2D eigenvalue weighted by Crippen LogP contribution is 2.36. The Morgan fingerprint density at radius 2 is 2.21 bits per heavy atom. The minimum absolute atomic E-state index is 0.0147. The highest BCUT2D eigenvalue weighted by molar-refractivity contribution is 7.71. The van der Waals surface area contributed by atoms with Crippen molar-refractivity contribution in [2.24, 2.45) is 10.9 Å². The lowest BCUT2D eigenvalue weighted by molar-refractivity contribution is -0.0446. The number of aromatic amines is 1. The fourth-order valence-corrected chi connectivity index (χ4v) is 2.48. The summed E-state index contributed by atoms with van der Waals surface area (Å²) in [5.41, 5.74) is 1.63. The van der Waals surface area contributed by atoms with E-state index in [1.54, 1.807) is 12.5 Å². The molecule has 1 aliphatic rings. The van der Waals surface area contributed by atoms with Gasteiger partial charge in [-0.05, 0) is 25.7 Å². The number of nitrogens with zero attached hydrogens (tertiary/aromatic N) is 2. The first-order valence-electron chi connectivity index (χ1n) is 6.40. The Balaban J connectivity index is 1.93. The van der Waals surface area contributed by atoms with E-state index < -0.39 is 5.92 Å². The van der Waals surface area contributed by atoms with E-state index in [4.69, 9.17) is 12.2 Å². The van der Waals surface area contributed by atoms with Crippen molar-refractivity contribution < 1.29 is 8.78 Å². The topological polar surface area (TPSA) is 41.0 Å². The van der Waals surface area contributed by atoms with E-state index in [1.807, 2.05) is 6.92 Å². The molecule has 0 amide bonds. The molecule has 0 saturated heterocycles. The molecule has 0 unspecified atom stereocenters. The number of H-pyrrole nitrogens is 1. The minimum atomic E-state index is -2.47. The van der Waals surface area contributed by atoms with Crippen LogP contribution in [-0.2, 0) is 0 Å². The van der Waals surface area contributed by atoms with E-state index in [1.165, 1.54) is 0 Å². The Morgan fingerprint density at radius 1 is 1.53 bits per heavy atom. The molecule has 0 aliphatic heterocycles. The van der Waals surface area contributed by atoms with Crippen LogP contribution in [0.4, 0.5) is 8.78 Å². The predicted octanol–water partition coefficient (Wildman–Crippen LogP) is 3.69. The number of halogens is 2. The molecule has 1 aromatic rings. The molecular formula is C13H17F2N3S. The number of nitrogens with one attached hydrogen (secondary N) is 1. The van der Waals surface area contributed by atoms with Crippen LogP contribution in [0, 0.1) is 17.5 Å². The van der Waals surface area contributed by atoms with Gasteiger partial charge in [0, 0.05) is 31.2 Å². The van der Waals surface area contributed by atoms with Gasteiger partial charge in [0.1, 0.15) is 4.64 Å². The molecule has 1 aliphatic carbocycles. The average molecular weight is 285 g/mol. The number of aromatic nitrogens is 2. The van der Waals surface area contributed by atoms with Crippen molar-refractivity contribution in [3.05, 3.63) is 22.2 Å². The average Bonchev–Trinajstić information content (AvgIpc) is 2.35. The smallest absolute Gasteiger partial charge is 0.248 e. The van der Waals surface area contributed by atoms with Gasteiger partial charge in [-0.15, -0.1) is 0 Å². The van der Waals surface area contributed by atoms with Gasteiger partial charge in [-0.3, -0.25) is 4.99 Å². The first-order valence-corrected chi connectivity index (χ1v) is 6.81. The van der Waals surface area contributed by atoms with Crippen LogP contribution < -0.4 is 0 Å². The number of hydrogen-bond acceptors (Lipinski definition) is 3. The minimum Gasteiger partial charge on any atom is -0.337 e. The Morgan fingerprint density at radius 3 is 2.84 bits per heavy atom. The second kappa shape index (κ2) is 5.86. The molecule has 104 valence electrons. The van der Waals surface area contributed by atoms with Crippen molar-refractivity contribution in [1.82, 2.24) is 9.97 Å². The SMILES string of the molecule is Cc1nc[nH]c(=S)c1/C=N\CC1CCC(F)(F)CC1.